The average molecular weight is 240 g/mol. The van der Waals surface area contributed by atoms with Crippen LogP contribution in [0.25, 0.3) is 11.1 Å². The van der Waals surface area contributed by atoms with E-state index in [0.717, 1.165) is 13.1 Å². The molecule has 2 nitrogen and oxygen atoms in total. The standard InChI is InChI=1S/C16H20N2/c1-3-8-17-11-14-4-6-15(7-5-14)16-9-13(2)10-18-12-16/h4-7,9-10,12,17H,3,8,11H2,1-2H3. The summed E-state index contributed by atoms with van der Waals surface area (Å²) < 4.78 is 0. The molecule has 1 aromatic heterocycles. The Hall–Kier alpha value is -1.67. The molecule has 0 spiro atoms. The van der Waals surface area contributed by atoms with Crippen LogP contribution in [-0.2, 0) is 6.54 Å². The van der Waals surface area contributed by atoms with Crippen molar-refractivity contribution in [3.63, 3.8) is 0 Å². The topological polar surface area (TPSA) is 24.9 Å². The van der Waals surface area contributed by atoms with Crippen LogP contribution >= 0.6 is 0 Å². The number of rotatable bonds is 5. The molecule has 0 aliphatic carbocycles. The Kier molecular flexibility index (Phi) is 4.48. The maximum atomic E-state index is 4.23. The van der Waals surface area contributed by atoms with Crippen molar-refractivity contribution in [1.82, 2.24) is 10.3 Å². The molecular weight excluding hydrogens is 220 g/mol. The molecule has 0 saturated carbocycles. The van der Waals surface area contributed by atoms with E-state index in [1.807, 2.05) is 12.4 Å². The minimum Gasteiger partial charge on any atom is -0.313 e. The first-order valence-corrected chi connectivity index (χ1v) is 6.51. The van der Waals surface area contributed by atoms with Gasteiger partial charge in [-0.05, 0) is 42.6 Å². The molecule has 0 radical (unpaired) electrons. The zero-order valence-corrected chi connectivity index (χ0v) is 11.1. The molecule has 0 amide bonds. The second kappa shape index (κ2) is 6.31. The highest BCUT2D eigenvalue weighted by Crippen LogP contribution is 2.19. The van der Waals surface area contributed by atoms with Gasteiger partial charge >= 0.3 is 0 Å². The molecule has 0 aliphatic heterocycles. The summed E-state index contributed by atoms with van der Waals surface area (Å²) in [6.07, 6.45) is 4.97. The quantitative estimate of drug-likeness (QED) is 0.808. The van der Waals surface area contributed by atoms with Crippen molar-refractivity contribution in [2.24, 2.45) is 0 Å². The van der Waals surface area contributed by atoms with Crippen molar-refractivity contribution in [2.75, 3.05) is 6.54 Å². The Morgan fingerprint density at radius 1 is 1.06 bits per heavy atom. The number of aromatic nitrogens is 1. The van der Waals surface area contributed by atoms with E-state index in [4.69, 9.17) is 0 Å². The molecular formula is C16H20N2. The summed E-state index contributed by atoms with van der Waals surface area (Å²) in [5, 5.41) is 3.41. The molecule has 0 bridgehead atoms. The van der Waals surface area contributed by atoms with E-state index >= 15 is 0 Å². The van der Waals surface area contributed by atoms with Gasteiger partial charge in [-0.3, -0.25) is 4.98 Å². The lowest BCUT2D eigenvalue weighted by atomic mass is 10.0. The number of nitrogens with one attached hydrogen (secondary N) is 1. The molecule has 0 aliphatic rings. The van der Waals surface area contributed by atoms with Crippen LogP contribution in [0.4, 0.5) is 0 Å². The van der Waals surface area contributed by atoms with Crippen LogP contribution in [0.15, 0.2) is 42.7 Å². The van der Waals surface area contributed by atoms with Crippen molar-refractivity contribution in [3.05, 3.63) is 53.9 Å². The van der Waals surface area contributed by atoms with Gasteiger partial charge in [-0.25, -0.2) is 0 Å². The summed E-state index contributed by atoms with van der Waals surface area (Å²) in [5.41, 5.74) is 4.93. The van der Waals surface area contributed by atoms with E-state index in [2.05, 4.69) is 54.5 Å². The third-order valence-electron chi connectivity index (χ3n) is 2.92. The van der Waals surface area contributed by atoms with Gasteiger partial charge in [0.25, 0.3) is 0 Å². The van der Waals surface area contributed by atoms with Crippen LogP contribution in [-0.4, -0.2) is 11.5 Å². The maximum absolute atomic E-state index is 4.23. The monoisotopic (exact) mass is 240 g/mol. The fraction of sp³-hybridized carbons (Fsp3) is 0.312. The van der Waals surface area contributed by atoms with E-state index in [9.17, 15) is 0 Å². The lowest BCUT2D eigenvalue weighted by Gasteiger charge is -2.06. The first kappa shape index (κ1) is 12.8. The molecule has 0 unspecified atom stereocenters. The molecule has 2 rings (SSSR count). The summed E-state index contributed by atoms with van der Waals surface area (Å²) in [6.45, 7) is 6.27. The molecule has 0 saturated heterocycles. The summed E-state index contributed by atoms with van der Waals surface area (Å²) in [7, 11) is 0. The van der Waals surface area contributed by atoms with Crippen LogP contribution < -0.4 is 5.32 Å². The van der Waals surface area contributed by atoms with Crippen LogP contribution in [0.1, 0.15) is 24.5 Å². The SMILES string of the molecule is CCCNCc1ccc(-c2cncc(C)c2)cc1. The molecule has 1 N–H and O–H groups in total. The van der Waals surface area contributed by atoms with Gasteiger partial charge in [0.2, 0.25) is 0 Å². The van der Waals surface area contributed by atoms with Gasteiger partial charge in [0, 0.05) is 24.5 Å². The molecule has 94 valence electrons. The lowest BCUT2D eigenvalue weighted by molar-refractivity contribution is 0.675. The number of aryl methyl sites for hydroxylation is 1. The molecule has 1 aromatic carbocycles. The summed E-state index contributed by atoms with van der Waals surface area (Å²) in [4.78, 5) is 4.23. The van der Waals surface area contributed by atoms with E-state index in [1.54, 1.807) is 0 Å². The molecule has 2 heteroatoms. The van der Waals surface area contributed by atoms with E-state index < -0.39 is 0 Å². The van der Waals surface area contributed by atoms with Crippen LogP contribution in [0.2, 0.25) is 0 Å². The van der Waals surface area contributed by atoms with Gasteiger partial charge in [0.1, 0.15) is 0 Å². The van der Waals surface area contributed by atoms with E-state index in [-0.39, 0.29) is 0 Å². The second-order valence-corrected chi connectivity index (χ2v) is 4.62. The van der Waals surface area contributed by atoms with Crippen LogP contribution in [0.3, 0.4) is 0 Å². The fourth-order valence-electron chi connectivity index (χ4n) is 1.94. The highest BCUT2D eigenvalue weighted by molar-refractivity contribution is 5.63. The smallest absolute Gasteiger partial charge is 0.0346 e. The Balaban J connectivity index is 2.07. The normalized spacial score (nSPS) is 10.6. The minimum absolute atomic E-state index is 0.945. The molecule has 0 fully saturated rings. The zero-order chi connectivity index (χ0) is 12.8. The largest absolute Gasteiger partial charge is 0.313 e. The molecule has 18 heavy (non-hydrogen) atoms. The Labute approximate surface area is 109 Å². The third-order valence-corrected chi connectivity index (χ3v) is 2.92. The predicted octanol–water partition coefficient (Wildman–Crippen LogP) is 3.56. The average Bonchev–Trinajstić information content (AvgIpc) is 2.40. The van der Waals surface area contributed by atoms with Gasteiger partial charge in [0.15, 0.2) is 0 Å². The second-order valence-electron chi connectivity index (χ2n) is 4.62. The lowest BCUT2D eigenvalue weighted by Crippen LogP contribution is -2.13. The van der Waals surface area contributed by atoms with E-state index in [0.29, 0.717) is 0 Å². The number of hydrogen-bond donors (Lipinski definition) is 1. The van der Waals surface area contributed by atoms with Crippen LogP contribution in [0, 0.1) is 6.92 Å². The van der Waals surface area contributed by atoms with Crippen molar-refractivity contribution in [1.29, 1.82) is 0 Å². The Bertz CT molecular complexity index is 489. The highest BCUT2D eigenvalue weighted by atomic mass is 14.8. The van der Waals surface area contributed by atoms with Gasteiger partial charge in [-0.15, -0.1) is 0 Å². The summed E-state index contributed by atoms with van der Waals surface area (Å²) in [6, 6.07) is 10.9. The number of pyridine rings is 1. The van der Waals surface area contributed by atoms with Gasteiger partial charge in [-0.2, -0.15) is 0 Å². The van der Waals surface area contributed by atoms with Crippen molar-refractivity contribution in [2.45, 2.75) is 26.8 Å². The predicted molar refractivity (Wildman–Crippen MR) is 76.4 cm³/mol. The van der Waals surface area contributed by atoms with Crippen molar-refractivity contribution in [3.8, 4) is 11.1 Å². The van der Waals surface area contributed by atoms with Crippen molar-refractivity contribution < 1.29 is 0 Å². The minimum atomic E-state index is 0.945. The molecule has 1 heterocycles. The van der Waals surface area contributed by atoms with Gasteiger partial charge in [0.05, 0.1) is 0 Å². The van der Waals surface area contributed by atoms with Crippen molar-refractivity contribution >= 4 is 0 Å². The third kappa shape index (κ3) is 3.41. The first-order chi connectivity index (χ1) is 8.79. The summed E-state index contributed by atoms with van der Waals surface area (Å²) >= 11 is 0. The Morgan fingerprint density at radius 2 is 1.83 bits per heavy atom. The number of benzene rings is 1. The fourth-order valence-corrected chi connectivity index (χ4v) is 1.94. The summed E-state index contributed by atoms with van der Waals surface area (Å²) in [5.74, 6) is 0. The maximum Gasteiger partial charge on any atom is 0.0346 e. The Morgan fingerprint density at radius 3 is 2.50 bits per heavy atom. The van der Waals surface area contributed by atoms with E-state index in [1.165, 1.54) is 28.7 Å². The molecule has 2 aromatic rings. The highest BCUT2D eigenvalue weighted by Gasteiger charge is 1.99. The first-order valence-electron chi connectivity index (χ1n) is 6.51. The van der Waals surface area contributed by atoms with Gasteiger partial charge < -0.3 is 5.32 Å². The molecule has 0 atom stereocenters. The zero-order valence-electron chi connectivity index (χ0n) is 11.1. The van der Waals surface area contributed by atoms with Gasteiger partial charge in [-0.1, -0.05) is 31.2 Å². The number of hydrogen-bond acceptors (Lipinski definition) is 2. The van der Waals surface area contributed by atoms with Crippen LogP contribution in [0.5, 0.6) is 0 Å². The number of nitrogens with zero attached hydrogens (tertiary/aromatic N) is 1.